The summed E-state index contributed by atoms with van der Waals surface area (Å²) in [6.07, 6.45) is 3.30. The van der Waals surface area contributed by atoms with E-state index in [1.807, 2.05) is 37.4 Å². The van der Waals surface area contributed by atoms with E-state index in [-0.39, 0.29) is 0 Å². The van der Waals surface area contributed by atoms with Crippen LogP contribution in [0.1, 0.15) is 5.56 Å². The molecule has 31 heavy (non-hydrogen) atoms. The van der Waals surface area contributed by atoms with Gasteiger partial charge in [0.25, 0.3) is 0 Å². The Hall–Kier alpha value is -3.17. The fraction of sp³-hybridized carbons (Fsp3) is 0.227. The van der Waals surface area contributed by atoms with Gasteiger partial charge in [0.15, 0.2) is 0 Å². The molecule has 0 unspecified atom stereocenters. The topological polar surface area (TPSA) is 86.1 Å². The monoisotopic (exact) mass is 480 g/mol. The average Bonchev–Trinajstić information content (AvgIpc) is 3.07. The largest absolute Gasteiger partial charge is 0.424 e. The Morgan fingerprint density at radius 1 is 1.13 bits per heavy atom. The first-order chi connectivity index (χ1) is 15.1. The van der Waals surface area contributed by atoms with Gasteiger partial charge in [-0.15, -0.1) is 0 Å². The van der Waals surface area contributed by atoms with Gasteiger partial charge in [-0.3, -0.25) is 0 Å². The third-order valence-electron chi connectivity index (χ3n) is 5.07. The van der Waals surface area contributed by atoms with Crippen LogP contribution < -0.4 is 15.4 Å². The molecule has 158 valence electrons. The minimum Gasteiger partial charge on any atom is -0.424 e. The first-order valence-corrected chi connectivity index (χ1v) is 10.7. The van der Waals surface area contributed by atoms with Gasteiger partial charge in [-0.25, -0.2) is 15.0 Å². The normalized spacial score (nSPS) is 13.7. The maximum absolute atomic E-state index is 5.67. The standard InChI is InChI=1S/C22H21BrN6O2/c1-29-20-8-16(27-17-12-30-13-17)4-7-19(20)28-21(29)24-9-14-2-5-18(6-3-14)31-22-25-10-15(23)11-26-22/h2-8,10-11,17,27H,9,12-13H2,1H3,(H,24,28). The lowest BCUT2D eigenvalue weighted by molar-refractivity contribution is 0.0211. The van der Waals surface area contributed by atoms with Crippen molar-refractivity contribution in [3.05, 3.63) is 64.9 Å². The van der Waals surface area contributed by atoms with Gasteiger partial charge < -0.3 is 24.7 Å². The molecule has 1 saturated heterocycles. The number of rotatable bonds is 7. The number of halogens is 1. The van der Waals surface area contributed by atoms with Crippen molar-refractivity contribution >= 4 is 38.6 Å². The van der Waals surface area contributed by atoms with Crippen LogP contribution in [0.25, 0.3) is 11.0 Å². The van der Waals surface area contributed by atoms with Crippen LogP contribution in [-0.4, -0.2) is 38.8 Å². The lowest BCUT2D eigenvalue weighted by Crippen LogP contribution is -2.40. The second-order valence-corrected chi connectivity index (χ2v) is 8.28. The molecule has 0 amide bonds. The fourth-order valence-electron chi connectivity index (χ4n) is 3.31. The van der Waals surface area contributed by atoms with Gasteiger partial charge in [0.05, 0.1) is 34.8 Å². The Morgan fingerprint density at radius 2 is 1.90 bits per heavy atom. The summed E-state index contributed by atoms with van der Waals surface area (Å²) >= 11 is 3.31. The Bertz CT molecular complexity index is 1190. The van der Waals surface area contributed by atoms with Gasteiger partial charge in [0, 0.05) is 31.7 Å². The summed E-state index contributed by atoms with van der Waals surface area (Å²) in [6.45, 7) is 2.17. The summed E-state index contributed by atoms with van der Waals surface area (Å²) in [4.78, 5) is 13.0. The number of fused-ring (bicyclic) bond motifs is 1. The molecule has 0 aliphatic carbocycles. The van der Waals surface area contributed by atoms with Crippen molar-refractivity contribution in [2.45, 2.75) is 12.6 Å². The van der Waals surface area contributed by atoms with Crippen molar-refractivity contribution < 1.29 is 9.47 Å². The second kappa shape index (κ2) is 8.52. The van der Waals surface area contributed by atoms with Crippen LogP contribution in [0, 0.1) is 0 Å². The molecule has 0 bridgehead atoms. The first-order valence-electron chi connectivity index (χ1n) is 9.93. The van der Waals surface area contributed by atoms with Crippen LogP contribution >= 0.6 is 15.9 Å². The summed E-state index contributed by atoms with van der Waals surface area (Å²) in [5, 5.41) is 6.90. The van der Waals surface area contributed by atoms with E-state index in [0.717, 1.165) is 45.9 Å². The highest BCUT2D eigenvalue weighted by atomic mass is 79.9. The molecule has 1 aliphatic heterocycles. The van der Waals surface area contributed by atoms with Crippen molar-refractivity contribution in [3.8, 4) is 11.8 Å². The molecule has 5 rings (SSSR count). The number of hydrogen-bond donors (Lipinski definition) is 2. The maximum atomic E-state index is 5.67. The molecule has 0 atom stereocenters. The fourth-order valence-corrected chi connectivity index (χ4v) is 3.51. The van der Waals surface area contributed by atoms with Crippen LogP contribution in [0.5, 0.6) is 11.8 Å². The van der Waals surface area contributed by atoms with E-state index >= 15 is 0 Å². The Morgan fingerprint density at radius 3 is 2.61 bits per heavy atom. The summed E-state index contributed by atoms with van der Waals surface area (Å²) in [7, 11) is 2.02. The van der Waals surface area contributed by atoms with Gasteiger partial charge in [-0.05, 0) is 51.8 Å². The van der Waals surface area contributed by atoms with E-state index in [1.54, 1.807) is 12.4 Å². The third kappa shape index (κ3) is 4.47. The van der Waals surface area contributed by atoms with Crippen LogP contribution in [0.4, 0.5) is 11.6 Å². The van der Waals surface area contributed by atoms with Crippen molar-refractivity contribution in [1.82, 2.24) is 19.5 Å². The zero-order chi connectivity index (χ0) is 21.2. The number of anilines is 2. The number of nitrogens with zero attached hydrogens (tertiary/aromatic N) is 4. The number of imidazole rings is 1. The highest BCUT2D eigenvalue weighted by Gasteiger charge is 2.18. The Labute approximate surface area is 187 Å². The van der Waals surface area contributed by atoms with Crippen LogP contribution in [0.3, 0.4) is 0 Å². The number of hydrogen-bond acceptors (Lipinski definition) is 7. The zero-order valence-corrected chi connectivity index (χ0v) is 18.5. The Kier molecular flexibility index (Phi) is 5.44. The number of nitrogens with one attached hydrogen (secondary N) is 2. The van der Waals surface area contributed by atoms with Crippen molar-refractivity contribution in [2.24, 2.45) is 7.05 Å². The smallest absolute Gasteiger partial charge is 0.321 e. The van der Waals surface area contributed by atoms with Crippen molar-refractivity contribution in [2.75, 3.05) is 23.8 Å². The molecule has 0 saturated carbocycles. The molecule has 0 radical (unpaired) electrons. The predicted octanol–water partition coefficient (Wildman–Crippen LogP) is 4.34. The van der Waals surface area contributed by atoms with Crippen molar-refractivity contribution in [1.29, 1.82) is 0 Å². The third-order valence-corrected chi connectivity index (χ3v) is 5.48. The molecule has 4 aromatic rings. The lowest BCUT2D eigenvalue weighted by atomic mass is 10.2. The number of aromatic nitrogens is 4. The molecular formula is C22H21BrN6O2. The molecule has 1 aliphatic rings. The Balaban J connectivity index is 1.23. The van der Waals surface area contributed by atoms with Crippen LogP contribution in [0.2, 0.25) is 0 Å². The SMILES string of the molecule is Cn1c(NCc2ccc(Oc3ncc(Br)cn3)cc2)nc2ccc(NC3COC3)cc21. The lowest BCUT2D eigenvalue weighted by Gasteiger charge is -2.27. The van der Waals surface area contributed by atoms with E-state index < -0.39 is 0 Å². The maximum Gasteiger partial charge on any atom is 0.321 e. The minimum absolute atomic E-state index is 0.312. The molecule has 0 spiro atoms. The summed E-state index contributed by atoms with van der Waals surface area (Å²) < 4.78 is 13.8. The van der Waals surface area contributed by atoms with Gasteiger partial charge in [-0.1, -0.05) is 12.1 Å². The van der Waals surface area contributed by atoms with E-state index in [9.17, 15) is 0 Å². The average molecular weight is 481 g/mol. The van der Waals surface area contributed by atoms with E-state index in [4.69, 9.17) is 14.5 Å². The van der Waals surface area contributed by atoms with E-state index in [0.29, 0.717) is 24.3 Å². The molecule has 9 heteroatoms. The molecule has 1 fully saturated rings. The second-order valence-electron chi connectivity index (χ2n) is 7.36. The highest BCUT2D eigenvalue weighted by Crippen LogP contribution is 2.24. The zero-order valence-electron chi connectivity index (χ0n) is 16.9. The van der Waals surface area contributed by atoms with Gasteiger partial charge in [-0.2, -0.15) is 0 Å². The van der Waals surface area contributed by atoms with Crippen molar-refractivity contribution in [3.63, 3.8) is 0 Å². The van der Waals surface area contributed by atoms with Gasteiger partial charge in [0.2, 0.25) is 5.95 Å². The molecule has 2 aromatic heterocycles. The first kappa shape index (κ1) is 19.8. The summed E-state index contributed by atoms with van der Waals surface area (Å²) in [5.41, 5.74) is 4.23. The summed E-state index contributed by atoms with van der Waals surface area (Å²) in [5.74, 6) is 1.51. The molecule has 2 aromatic carbocycles. The minimum atomic E-state index is 0.312. The molecular weight excluding hydrogens is 460 g/mol. The molecule has 3 heterocycles. The van der Waals surface area contributed by atoms with Crippen LogP contribution in [-0.2, 0) is 18.3 Å². The number of benzene rings is 2. The highest BCUT2D eigenvalue weighted by molar-refractivity contribution is 9.10. The van der Waals surface area contributed by atoms with Crippen LogP contribution in [0.15, 0.2) is 59.3 Å². The predicted molar refractivity (Wildman–Crippen MR) is 123 cm³/mol. The van der Waals surface area contributed by atoms with Gasteiger partial charge >= 0.3 is 6.01 Å². The number of aryl methyl sites for hydroxylation is 1. The molecule has 8 nitrogen and oxygen atoms in total. The van der Waals surface area contributed by atoms with E-state index in [1.165, 1.54) is 0 Å². The summed E-state index contributed by atoms with van der Waals surface area (Å²) in [6, 6.07) is 14.8. The molecule has 2 N–H and O–H groups in total. The van der Waals surface area contributed by atoms with Gasteiger partial charge in [0.1, 0.15) is 5.75 Å². The van der Waals surface area contributed by atoms with E-state index in [2.05, 4.69) is 53.2 Å². The quantitative estimate of drug-likeness (QED) is 0.406. The number of ether oxygens (including phenoxy) is 2.